The number of nitrogens with two attached hydrogens (primary N) is 1. The van der Waals surface area contributed by atoms with Crippen LogP contribution in [0, 0.1) is 12.7 Å². The second-order valence-corrected chi connectivity index (χ2v) is 6.34. The number of hydrogen-bond donors (Lipinski definition) is 2. The number of aryl methyl sites for hydroxylation is 1. The molecular formula is C13H12ClFN2O2S. The van der Waals surface area contributed by atoms with Gasteiger partial charge in [-0.1, -0.05) is 11.6 Å². The number of rotatable bonds is 3. The van der Waals surface area contributed by atoms with E-state index in [1.54, 1.807) is 6.92 Å². The maximum atomic E-state index is 13.2. The van der Waals surface area contributed by atoms with E-state index < -0.39 is 15.8 Å². The minimum Gasteiger partial charge on any atom is -0.398 e. The van der Waals surface area contributed by atoms with Crippen molar-refractivity contribution < 1.29 is 12.8 Å². The molecule has 0 radical (unpaired) electrons. The molecule has 0 atom stereocenters. The summed E-state index contributed by atoms with van der Waals surface area (Å²) in [6.45, 7) is 1.55. The molecule has 3 N–H and O–H groups in total. The van der Waals surface area contributed by atoms with Crippen LogP contribution in [0.25, 0.3) is 0 Å². The quantitative estimate of drug-likeness (QED) is 0.855. The van der Waals surface area contributed by atoms with Crippen LogP contribution in [0.1, 0.15) is 5.56 Å². The van der Waals surface area contributed by atoms with E-state index in [4.69, 9.17) is 17.3 Å². The van der Waals surface area contributed by atoms with Gasteiger partial charge in [0.1, 0.15) is 10.7 Å². The summed E-state index contributed by atoms with van der Waals surface area (Å²) in [7, 11) is -3.85. The van der Waals surface area contributed by atoms with Crippen LogP contribution < -0.4 is 10.5 Å². The Kier molecular flexibility index (Phi) is 3.87. The van der Waals surface area contributed by atoms with E-state index in [-0.39, 0.29) is 16.3 Å². The molecular weight excluding hydrogens is 303 g/mol. The zero-order valence-corrected chi connectivity index (χ0v) is 12.1. The second-order valence-electron chi connectivity index (χ2n) is 4.25. The van der Waals surface area contributed by atoms with Gasteiger partial charge in [-0.05, 0) is 48.9 Å². The van der Waals surface area contributed by atoms with Crippen LogP contribution in [0.4, 0.5) is 15.8 Å². The molecule has 0 saturated heterocycles. The first-order valence-corrected chi connectivity index (χ1v) is 7.50. The average Bonchev–Trinajstić information content (AvgIpc) is 2.33. The maximum Gasteiger partial charge on any atom is 0.263 e. The zero-order valence-electron chi connectivity index (χ0n) is 10.5. The first-order valence-electron chi connectivity index (χ1n) is 5.63. The summed E-state index contributed by atoms with van der Waals surface area (Å²) < 4.78 is 39.9. The lowest BCUT2D eigenvalue weighted by molar-refractivity contribution is 0.601. The number of hydrogen-bond acceptors (Lipinski definition) is 3. The van der Waals surface area contributed by atoms with Crippen molar-refractivity contribution in [2.75, 3.05) is 10.5 Å². The van der Waals surface area contributed by atoms with Crippen molar-refractivity contribution in [2.24, 2.45) is 0 Å². The molecule has 7 heteroatoms. The molecule has 0 spiro atoms. The molecule has 0 aromatic heterocycles. The Balaban J connectivity index is 2.38. The fraction of sp³-hybridized carbons (Fsp3) is 0.0769. The van der Waals surface area contributed by atoms with Gasteiger partial charge in [0, 0.05) is 10.7 Å². The predicted molar refractivity (Wildman–Crippen MR) is 77.8 cm³/mol. The van der Waals surface area contributed by atoms with Crippen molar-refractivity contribution in [1.82, 2.24) is 0 Å². The molecule has 0 amide bonds. The van der Waals surface area contributed by atoms with Crippen LogP contribution in [0.3, 0.4) is 0 Å². The van der Waals surface area contributed by atoms with Gasteiger partial charge in [0.2, 0.25) is 0 Å². The number of nitrogens with one attached hydrogen (secondary N) is 1. The van der Waals surface area contributed by atoms with Crippen LogP contribution in [0.2, 0.25) is 5.02 Å². The van der Waals surface area contributed by atoms with Crippen molar-refractivity contribution in [1.29, 1.82) is 0 Å². The Hall–Kier alpha value is -1.79. The molecule has 2 aromatic rings. The van der Waals surface area contributed by atoms with E-state index in [2.05, 4.69) is 4.72 Å². The number of halogens is 2. The molecule has 0 aliphatic heterocycles. The summed E-state index contributed by atoms with van der Waals surface area (Å²) in [4.78, 5) is -0.0797. The molecule has 20 heavy (non-hydrogen) atoms. The Morgan fingerprint density at radius 3 is 2.50 bits per heavy atom. The van der Waals surface area contributed by atoms with Crippen molar-refractivity contribution in [3.63, 3.8) is 0 Å². The number of benzene rings is 2. The summed E-state index contributed by atoms with van der Waals surface area (Å²) in [5, 5.41) is 0.346. The lowest BCUT2D eigenvalue weighted by atomic mass is 10.2. The monoisotopic (exact) mass is 314 g/mol. The van der Waals surface area contributed by atoms with Gasteiger partial charge < -0.3 is 5.73 Å². The van der Waals surface area contributed by atoms with Crippen LogP contribution >= 0.6 is 11.6 Å². The van der Waals surface area contributed by atoms with Crippen LogP contribution in [-0.2, 0) is 10.0 Å². The summed E-state index contributed by atoms with van der Waals surface area (Å²) in [5.41, 5.74) is 6.30. The molecule has 0 unspecified atom stereocenters. The highest BCUT2D eigenvalue weighted by atomic mass is 35.5. The predicted octanol–water partition coefficient (Wildman–Crippen LogP) is 3.17. The minimum atomic E-state index is -3.85. The van der Waals surface area contributed by atoms with Crippen LogP contribution in [-0.4, -0.2) is 8.42 Å². The van der Waals surface area contributed by atoms with Crippen molar-refractivity contribution >= 4 is 33.0 Å². The smallest absolute Gasteiger partial charge is 0.263 e. The van der Waals surface area contributed by atoms with Gasteiger partial charge >= 0.3 is 0 Å². The number of anilines is 2. The van der Waals surface area contributed by atoms with Gasteiger partial charge in [0.25, 0.3) is 10.0 Å². The highest BCUT2D eigenvalue weighted by molar-refractivity contribution is 7.92. The lowest BCUT2D eigenvalue weighted by Gasteiger charge is -2.11. The van der Waals surface area contributed by atoms with Gasteiger partial charge in [-0.25, -0.2) is 12.8 Å². The Morgan fingerprint density at radius 2 is 1.90 bits per heavy atom. The van der Waals surface area contributed by atoms with Gasteiger partial charge in [-0.2, -0.15) is 0 Å². The lowest BCUT2D eigenvalue weighted by Crippen LogP contribution is -2.15. The minimum absolute atomic E-state index is 0.0452. The Morgan fingerprint density at radius 1 is 1.20 bits per heavy atom. The highest BCUT2D eigenvalue weighted by Gasteiger charge is 2.18. The molecule has 0 bridgehead atoms. The van der Waals surface area contributed by atoms with Crippen LogP contribution in [0.15, 0.2) is 41.3 Å². The normalized spacial score (nSPS) is 11.3. The SMILES string of the molecule is Cc1cc(NS(=O)(=O)c2ccc(Cl)cc2N)ccc1F. The largest absolute Gasteiger partial charge is 0.398 e. The van der Waals surface area contributed by atoms with Gasteiger partial charge in [0.05, 0.1) is 5.69 Å². The first kappa shape index (κ1) is 14.6. The standard InChI is InChI=1S/C13H12ClFN2O2S/c1-8-6-10(3-4-11(8)15)17-20(18,19)13-5-2-9(14)7-12(13)16/h2-7,17H,16H2,1H3. The molecule has 0 aliphatic carbocycles. The van der Waals surface area contributed by atoms with E-state index in [9.17, 15) is 12.8 Å². The molecule has 0 heterocycles. The van der Waals surface area contributed by atoms with Crippen molar-refractivity contribution in [3.05, 3.63) is 52.8 Å². The topological polar surface area (TPSA) is 72.2 Å². The fourth-order valence-electron chi connectivity index (χ4n) is 1.68. The zero-order chi connectivity index (χ0) is 14.9. The second kappa shape index (κ2) is 5.30. The molecule has 2 rings (SSSR count). The Labute approximate surface area is 121 Å². The number of sulfonamides is 1. The van der Waals surface area contributed by atoms with Gasteiger partial charge in [-0.15, -0.1) is 0 Å². The van der Waals surface area contributed by atoms with E-state index in [0.717, 1.165) is 0 Å². The summed E-state index contributed by atoms with van der Waals surface area (Å²) >= 11 is 5.73. The fourth-order valence-corrected chi connectivity index (χ4v) is 3.03. The first-order chi connectivity index (χ1) is 9.29. The van der Waals surface area contributed by atoms with Crippen LogP contribution in [0.5, 0.6) is 0 Å². The molecule has 0 saturated carbocycles. The van der Waals surface area contributed by atoms with Crippen molar-refractivity contribution in [3.8, 4) is 0 Å². The van der Waals surface area contributed by atoms with E-state index >= 15 is 0 Å². The summed E-state index contributed by atoms with van der Waals surface area (Å²) in [5.74, 6) is -0.404. The highest BCUT2D eigenvalue weighted by Crippen LogP contribution is 2.25. The molecule has 0 fully saturated rings. The maximum absolute atomic E-state index is 13.2. The molecule has 106 valence electrons. The van der Waals surface area contributed by atoms with E-state index in [0.29, 0.717) is 10.6 Å². The third kappa shape index (κ3) is 3.02. The summed E-state index contributed by atoms with van der Waals surface area (Å²) in [6, 6.07) is 8.04. The average molecular weight is 315 g/mol. The van der Waals surface area contributed by atoms with E-state index in [1.165, 1.54) is 36.4 Å². The molecule has 0 aliphatic rings. The third-order valence-electron chi connectivity index (χ3n) is 2.67. The van der Waals surface area contributed by atoms with Gasteiger partial charge in [-0.3, -0.25) is 4.72 Å². The summed E-state index contributed by atoms with van der Waals surface area (Å²) in [6.07, 6.45) is 0. The Bertz CT molecular complexity index is 763. The molecule has 4 nitrogen and oxygen atoms in total. The van der Waals surface area contributed by atoms with E-state index in [1.807, 2.05) is 0 Å². The third-order valence-corrected chi connectivity index (χ3v) is 4.36. The molecule has 2 aromatic carbocycles. The van der Waals surface area contributed by atoms with Crippen molar-refractivity contribution in [2.45, 2.75) is 11.8 Å². The van der Waals surface area contributed by atoms with Gasteiger partial charge in [0.15, 0.2) is 0 Å². The number of nitrogen functional groups attached to an aromatic ring is 1.